The van der Waals surface area contributed by atoms with E-state index in [1.165, 1.54) is 0 Å². The first-order chi connectivity index (χ1) is 11.7. The monoisotopic (exact) mass is 349 g/mol. The van der Waals surface area contributed by atoms with Crippen LogP contribution in [0.25, 0.3) is 0 Å². The van der Waals surface area contributed by atoms with Crippen LogP contribution in [-0.4, -0.2) is 45.3 Å². The third-order valence-corrected chi connectivity index (χ3v) is 4.55. The van der Waals surface area contributed by atoms with E-state index in [1.54, 1.807) is 4.90 Å². The number of aryl methyl sites for hydroxylation is 1. The molecule has 0 aliphatic carbocycles. The van der Waals surface area contributed by atoms with E-state index in [0.717, 1.165) is 12.1 Å². The van der Waals surface area contributed by atoms with Crippen LogP contribution >= 0.6 is 0 Å². The molecular formula is C20H35N3O2. The van der Waals surface area contributed by atoms with Crippen LogP contribution in [0.2, 0.25) is 0 Å². The number of carbonyl (C=O) groups excluding carboxylic acids is 2. The third kappa shape index (κ3) is 6.22. The molecule has 142 valence electrons. The topological polar surface area (TPSA) is 45.6 Å². The molecule has 0 bridgehead atoms. The van der Waals surface area contributed by atoms with Crippen molar-refractivity contribution in [1.29, 1.82) is 0 Å². The quantitative estimate of drug-likeness (QED) is 0.687. The first kappa shape index (κ1) is 21.3. The summed E-state index contributed by atoms with van der Waals surface area (Å²) in [5, 5.41) is 0. The Morgan fingerprint density at radius 3 is 2.24 bits per heavy atom. The predicted octanol–water partition coefficient (Wildman–Crippen LogP) is 3.29. The molecule has 1 aromatic rings. The van der Waals surface area contributed by atoms with Gasteiger partial charge >= 0.3 is 0 Å². The fourth-order valence-electron chi connectivity index (χ4n) is 2.80. The highest BCUT2D eigenvalue weighted by molar-refractivity contribution is 5.86. The number of hydrogen-bond acceptors (Lipinski definition) is 2. The Kier molecular flexibility index (Phi) is 8.20. The van der Waals surface area contributed by atoms with Crippen LogP contribution in [0.1, 0.15) is 53.7 Å². The summed E-state index contributed by atoms with van der Waals surface area (Å²) in [5.41, 5.74) is 1.10. The van der Waals surface area contributed by atoms with Gasteiger partial charge in [0.15, 0.2) is 0 Å². The number of hydrogen-bond donors (Lipinski definition) is 0. The first-order valence-electron chi connectivity index (χ1n) is 9.35. The lowest BCUT2D eigenvalue weighted by molar-refractivity contribution is -0.144. The van der Waals surface area contributed by atoms with Crippen molar-refractivity contribution in [3.8, 4) is 0 Å². The van der Waals surface area contributed by atoms with Gasteiger partial charge < -0.3 is 14.4 Å². The lowest BCUT2D eigenvalue weighted by Gasteiger charge is -2.33. The predicted molar refractivity (Wildman–Crippen MR) is 102 cm³/mol. The highest BCUT2D eigenvalue weighted by Gasteiger charge is 2.26. The van der Waals surface area contributed by atoms with Gasteiger partial charge in [0.25, 0.3) is 0 Å². The van der Waals surface area contributed by atoms with Crippen LogP contribution in [-0.2, 0) is 23.2 Å². The normalized spacial score (nSPS) is 12.5. The van der Waals surface area contributed by atoms with E-state index in [2.05, 4.69) is 13.8 Å². The van der Waals surface area contributed by atoms with Crippen molar-refractivity contribution in [3.63, 3.8) is 0 Å². The van der Waals surface area contributed by atoms with Crippen molar-refractivity contribution in [2.45, 2.75) is 60.5 Å². The van der Waals surface area contributed by atoms with Crippen LogP contribution in [0.5, 0.6) is 0 Å². The van der Waals surface area contributed by atoms with Gasteiger partial charge in [-0.05, 0) is 31.4 Å². The molecule has 0 radical (unpaired) electrons. The number of amides is 2. The Morgan fingerprint density at radius 1 is 1.16 bits per heavy atom. The smallest absolute Gasteiger partial charge is 0.242 e. The Hall–Kier alpha value is -1.78. The molecular weight excluding hydrogens is 314 g/mol. The van der Waals surface area contributed by atoms with Gasteiger partial charge in [-0.15, -0.1) is 0 Å². The second-order valence-electron chi connectivity index (χ2n) is 7.66. The van der Waals surface area contributed by atoms with Crippen LogP contribution in [0.4, 0.5) is 0 Å². The van der Waals surface area contributed by atoms with Crippen molar-refractivity contribution in [1.82, 2.24) is 14.4 Å². The maximum absolute atomic E-state index is 13.0. The largest absolute Gasteiger partial charge is 0.353 e. The highest BCUT2D eigenvalue weighted by Crippen LogP contribution is 2.13. The van der Waals surface area contributed by atoms with E-state index in [9.17, 15) is 9.59 Å². The molecule has 5 heteroatoms. The van der Waals surface area contributed by atoms with Crippen molar-refractivity contribution in [2.24, 2.45) is 18.9 Å². The van der Waals surface area contributed by atoms with Crippen molar-refractivity contribution in [3.05, 3.63) is 24.0 Å². The first-order valence-corrected chi connectivity index (χ1v) is 9.35. The Labute approximate surface area is 153 Å². The van der Waals surface area contributed by atoms with Gasteiger partial charge in [-0.3, -0.25) is 9.59 Å². The zero-order chi connectivity index (χ0) is 19.1. The second-order valence-corrected chi connectivity index (χ2v) is 7.66. The lowest BCUT2D eigenvalue weighted by Crippen LogP contribution is -2.48. The molecule has 1 atom stereocenters. The van der Waals surface area contributed by atoms with Gasteiger partial charge in [0, 0.05) is 37.4 Å². The number of aromatic nitrogens is 1. The van der Waals surface area contributed by atoms with Crippen molar-refractivity contribution >= 4 is 11.8 Å². The summed E-state index contributed by atoms with van der Waals surface area (Å²) in [6.07, 6.45) is 2.83. The fourth-order valence-corrected chi connectivity index (χ4v) is 2.80. The van der Waals surface area contributed by atoms with E-state index in [-0.39, 0.29) is 30.3 Å². The SMILES string of the molecule is CCC(C)N(CC(=O)N(Cc1cccn1C)CC(C)C)C(=O)C(C)C. The number of carbonyl (C=O) groups is 2. The van der Waals surface area contributed by atoms with Gasteiger partial charge in [0.05, 0.1) is 6.54 Å². The maximum atomic E-state index is 13.0. The van der Waals surface area contributed by atoms with Crippen LogP contribution in [0.3, 0.4) is 0 Å². The molecule has 0 spiro atoms. The molecule has 25 heavy (non-hydrogen) atoms. The van der Waals surface area contributed by atoms with Crippen molar-refractivity contribution < 1.29 is 9.59 Å². The molecule has 1 aromatic heterocycles. The lowest BCUT2D eigenvalue weighted by atomic mass is 10.1. The molecule has 1 unspecified atom stereocenters. The van der Waals surface area contributed by atoms with Crippen molar-refractivity contribution in [2.75, 3.05) is 13.1 Å². The molecule has 0 N–H and O–H groups in total. The van der Waals surface area contributed by atoms with Gasteiger partial charge in [0.2, 0.25) is 11.8 Å². The molecule has 2 amide bonds. The zero-order valence-corrected chi connectivity index (χ0v) is 17.0. The maximum Gasteiger partial charge on any atom is 0.242 e. The molecule has 5 nitrogen and oxygen atoms in total. The van der Waals surface area contributed by atoms with E-state index in [4.69, 9.17) is 0 Å². The Bertz CT molecular complexity index is 563. The molecule has 0 saturated heterocycles. The minimum Gasteiger partial charge on any atom is -0.353 e. The van der Waals surface area contributed by atoms with E-state index >= 15 is 0 Å². The van der Waals surface area contributed by atoms with Crippen LogP contribution < -0.4 is 0 Å². The minimum absolute atomic E-state index is 0.0178. The highest BCUT2D eigenvalue weighted by atomic mass is 16.2. The molecule has 0 saturated carbocycles. The summed E-state index contributed by atoms with van der Waals surface area (Å²) in [7, 11) is 1.99. The average Bonchev–Trinajstić information content (AvgIpc) is 2.94. The third-order valence-electron chi connectivity index (χ3n) is 4.55. The summed E-state index contributed by atoms with van der Waals surface area (Å²) in [4.78, 5) is 29.2. The average molecular weight is 350 g/mol. The van der Waals surface area contributed by atoms with Gasteiger partial charge in [-0.2, -0.15) is 0 Å². The fraction of sp³-hybridized carbons (Fsp3) is 0.700. The summed E-state index contributed by atoms with van der Waals surface area (Å²) in [5.74, 6) is 0.338. The molecule has 0 aliphatic rings. The Balaban J connectivity index is 2.94. The summed E-state index contributed by atoms with van der Waals surface area (Å²) < 4.78 is 2.03. The van der Waals surface area contributed by atoms with Gasteiger partial charge in [-0.1, -0.05) is 34.6 Å². The standard InChI is InChI=1S/C20H35N3O2/c1-8-17(6)23(20(25)16(4)5)14-19(24)22(12-15(2)3)13-18-10-9-11-21(18)7/h9-11,15-17H,8,12-14H2,1-7H3. The van der Waals surface area contributed by atoms with E-state index in [1.807, 2.05) is 62.5 Å². The summed E-state index contributed by atoms with van der Waals surface area (Å²) in [6.45, 7) is 13.5. The van der Waals surface area contributed by atoms with Crippen LogP contribution in [0.15, 0.2) is 18.3 Å². The number of rotatable bonds is 9. The second kappa shape index (κ2) is 9.64. The van der Waals surface area contributed by atoms with E-state index < -0.39 is 0 Å². The number of nitrogens with zero attached hydrogens (tertiary/aromatic N) is 3. The van der Waals surface area contributed by atoms with Gasteiger partial charge in [0.1, 0.15) is 6.54 Å². The van der Waals surface area contributed by atoms with E-state index in [0.29, 0.717) is 19.0 Å². The minimum atomic E-state index is -0.103. The summed E-state index contributed by atoms with van der Waals surface area (Å²) >= 11 is 0. The van der Waals surface area contributed by atoms with Crippen LogP contribution in [0, 0.1) is 11.8 Å². The summed E-state index contributed by atoms with van der Waals surface area (Å²) in [6, 6.07) is 4.09. The Morgan fingerprint density at radius 2 is 1.80 bits per heavy atom. The zero-order valence-electron chi connectivity index (χ0n) is 17.0. The molecule has 0 fully saturated rings. The molecule has 0 aromatic carbocycles. The molecule has 1 rings (SSSR count). The molecule has 0 aliphatic heterocycles. The van der Waals surface area contributed by atoms with Gasteiger partial charge in [-0.25, -0.2) is 0 Å². The molecule has 1 heterocycles.